The van der Waals surface area contributed by atoms with Gasteiger partial charge in [0.2, 0.25) is 0 Å². The van der Waals surface area contributed by atoms with Crippen LogP contribution in [0.5, 0.6) is 23.0 Å². The molecule has 0 aliphatic heterocycles. The molecule has 0 saturated carbocycles. The number of fused-ring (bicyclic) bond motifs is 1. The van der Waals surface area contributed by atoms with Crippen LogP contribution in [0.15, 0.2) is 72.8 Å². The summed E-state index contributed by atoms with van der Waals surface area (Å²) in [6.07, 6.45) is 0. The quantitative estimate of drug-likeness (QED) is 0.401. The highest BCUT2D eigenvalue weighted by Gasteiger charge is 2.10. The number of carbonyl (C=O) groups is 1. The van der Waals surface area contributed by atoms with Crippen molar-refractivity contribution in [2.75, 3.05) is 17.7 Å². The molecule has 1 aromatic heterocycles. The highest BCUT2D eigenvalue weighted by molar-refractivity contribution is 5.99. The number of carbonyl (C=O) groups excluding carboxylic acids is 1. The average molecular weight is 426 g/mol. The molecule has 8 heteroatoms. The van der Waals surface area contributed by atoms with Crippen LogP contribution in [-0.4, -0.2) is 23.2 Å². The van der Waals surface area contributed by atoms with Crippen LogP contribution >= 0.6 is 0 Å². The number of aromatic nitrogens is 1. The molecule has 1 heterocycles. The Morgan fingerprint density at radius 1 is 0.938 bits per heavy atom. The number of amides is 2. The third-order valence-electron chi connectivity index (χ3n) is 4.56. The number of aromatic hydroxyl groups is 1. The summed E-state index contributed by atoms with van der Waals surface area (Å²) < 4.78 is 11.0. The third kappa shape index (κ3) is 4.68. The van der Waals surface area contributed by atoms with E-state index in [0.717, 1.165) is 0 Å². The topological polar surface area (TPSA) is 116 Å². The first kappa shape index (κ1) is 20.5. The van der Waals surface area contributed by atoms with Gasteiger partial charge in [-0.05, 0) is 60.7 Å². The molecule has 0 aliphatic carbocycles. The minimum atomic E-state index is -0.387. The van der Waals surface area contributed by atoms with Crippen molar-refractivity contribution in [3.8, 4) is 29.1 Å². The number of ether oxygens (including phenoxy) is 2. The van der Waals surface area contributed by atoms with E-state index in [-0.39, 0.29) is 17.5 Å². The zero-order valence-corrected chi connectivity index (χ0v) is 17.0. The lowest BCUT2D eigenvalue weighted by Gasteiger charge is -2.11. The first-order valence-corrected chi connectivity index (χ1v) is 9.58. The van der Waals surface area contributed by atoms with Crippen LogP contribution in [0.3, 0.4) is 0 Å². The Hall–Kier alpha value is -4.77. The van der Waals surface area contributed by atoms with Gasteiger partial charge in [0.05, 0.1) is 12.6 Å². The lowest BCUT2D eigenvalue weighted by molar-refractivity contribution is 0.262. The van der Waals surface area contributed by atoms with E-state index in [1.807, 2.05) is 6.07 Å². The van der Waals surface area contributed by atoms with Gasteiger partial charge in [-0.1, -0.05) is 0 Å². The maximum Gasteiger partial charge on any atom is 0.323 e. The van der Waals surface area contributed by atoms with Gasteiger partial charge in [0.25, 0.3) is 0 Å². The monoisotopic (exact) mass is 426 g/mol. The molecule has 32 heavy (non-hydrogen) atoms. The zero-order chi connectivity index (χ0) is 22.5. The second kappa shape index (κ2) is 8.93. The van der Waals surface area contributed by atoms with Crippen LogP contribution in [-0.2, 0) is 0 Å². The summed E-state index contributed by atoms with van der Waals surface area (Å²) in [5.74, 6) is 1.70. The number of benzene rings is 3. The standard InChI is InChI=1S/C24H18N4O4/c1-31-19-7-2-15(3-8-19)27-24(30)28-16-4-9-20(10-5-16)32-23-12-17(14-25)26-22-13-18(29)6-11-21(22)23/h2-13,29H,1H3,(H2,27,28,30). The van der Waals surface area contributed by atoms with Crippen molar-refractivity contribution >= 4 is 28.3 Å². The van der Waals surface area contributed by atoms with Gasteiger partial charge in [0, 0.05) is 28.9 Å². The van der Waals surface area contributed by atoms with E-state index < -0.39 is 0 Å². The Morgan fingerprint density at radius 2 is 1.56 bits per heavy atom. The molecule has 0 saturated heterocycles. The van der Waals surface area contributed by atoms with Crippen molar-refractivity contribution in [1.29, 1.82) is 5.26 Å². The molecular formula is C24H18N4O4. The molecule has 0 bridgehead atoms. The van der Waals surface area contributed by atoms with E-state index in [1.54, 1.807) is 61.7 Å². The van der Waals surface area contributed by atoms with Crippen molar-refractivity contribution in [3.63, 3.8) is 0 Å². The summed E-state index contributed by atoms with van der Waals surface area (Å²) in [6, 6.07) is 21.6. The van der Waals surface area contributed by atoms with Crippen LogP contribution in [0.4, 0.5) is 16.2 Å². The van der Waals surface area contributed by atoms with Gasteiger partial charge in [0.1, 0.15) is 34.8 Å². The number of anilines is 2. The summed E-state index contributed by atoms with van der Waals surface area (Å²) in [4.78, 5) is 16.4. The molecule has 8 nitrogen and oxygen atoms in total. The molecule has 158 valence electrons. The number of nitrogens with one attached hydrogen (secondary N) is 2. The fourth-order valence-corrected chi connectivity index (χ4v) is 3.03. The van der Waals surface area contributed by atoms with Crippen LogP contribution in [0, 0.1) is 11.3 Å². The fourth-order valence-electron chi connectivity index (χ4n) is 3.03. The lowest BCUT2D eigenvalue weighted by atomic mass is 10.1. The minimum absolute atomic E-state index is 0.0504. The van der Waals surface area contributed by atoms with Crippen LogP contribution in [0.2, 0.25) is 0 Å². The molecule has 0 fully saturated rings. The molecule has 4 aromatic rings. The van der Waals surface area contributed by atoms with Gasteiger partial charge in [-0.15, -0.1) is 0 Å². The van der Waals surface area contributed by atoms with Crippen molar-refractivity contribution in [2.24, 2.45) is 0 Å². The molecule has 4 rings (SSSR count). The van der Waals surface area contributed by atoms with E-state index in [9.17, 15) is 15.2 Å². The molecule has 3 aromatic carbocycles. The second-order valence-electron chi connectivity index (χ2n) is 6.75. The number of nitrogens with zero attached hydrogens (tertiary/aromatic N) is 2. The second-order valence-corrected chi connectivity index (χ2v) is 6.75. The SMILES string of the molecule is COc1ccc(NC(=O)Nc2ccc(Oc3cc(C#N)nc4cc(O)ccc34)cc2)cc1. The molecule has 2 amide bonds. The zero-order valence-electron chi connectivity index (χ0n) is 17.0. The first-order chi connectivity index (χ1) is 15.5. The fraction of sp³-hybridized carbons (Fsp3) is 0.0417. The average Bonchev–Trinajstić information content (AvgIpc) is 2.80. The number of phenols is 1. The largest absolute Gasteiger partial charge is 0.508 e. The molecular weight excluding hydrogens is 408 g/mol. The lowest BCUT2D eigenvalue weighted by Crippen LogP contribution is -2.19. The van der Waals surface area contributed by atoms with Gasteiger partial charge in [0.15, 0.2) is 0 Å². The van der Waals surface area contributed by atoms with Crippen molar-refractivity contribution in [1.82, 2.24) is 4.98 Å². The summed E-state index contributed by atoms with van der Waals surface area (Å²) in [7, 11) is 1.58. The Balaban J connectivity index is 1.46. The number of nitriles is 1. The summed E-state index contributed by atoms with van der Waals surface area (Å²) in [5.41, 5.74) is 1.83. The Morgan fingerprint density at radius 3 is 2.16 bits per heavy atom. The maximum absolute atomic E-state index is 12.2. The predicted octanol–water partition coefficient (Wildman–Crippen LogP) is 5.26. The summed E-state index contributed by atoms with van der Waals surface area (Å²) >= 11 is 0. The number of hydrogen-bond donors (Lipinski definition) is 3. The minimum Gasteiger partial charge on any atom is -0.508 e. The molecule has 0 unspecified atom stereocenters. The van der Waals surface area contributed by atoms with Crippen molar-refractivity contribution in [3.05, 3.63) is 78.5 Å². The molecule has 3 N–H and O–H groups in total. The highest BCUT2D eigenvalue weighted by Crippen LogP contribution is 2.32. The Labute approximate surface area is 183 Å². The number of methoxy groups -OCH3 is 1. The summed E-state index contributed by atoms with van der Waals surface area (Å²) in [5, 5.41) is 25.1. The number of phenolic OH excluding ortho intramolecular Hbond substituents is 1. The van der Waals surface area contributed by atoms with Crippen molar-refractivity contribution in [2.45, 2.75) is 0 Å². The Kier molecular flexibility index (Phi) is 5.72. The van der Waals surface area contributed by atoms with Gasteiger partial charge in [-0.3, -0.25) is 0 Å². The number of urea groups is 1. The van der Waals surface area contributed by atoms with Crippen LogP contribution in [0.25, 0.3) is 10.9 Å². The molecule has 0 spiro atoms. The third-order valence-corrected chi connectivity index (χ3v) is 4.56. The molecule has 0 aliphatic rings. The van der Waals surface area contributed by atoms with E-state index in [1.165, 1.54) is 18.2 Å². The number of rotatable bonds is 5. The Bertz CT molecular complexity index is 1310. The van der Waals surface area contributed by atoms with Crippen molar-refractivity contribution < 1.29 is 19.4 Å². The van der Waals surface area contributed by atoms with Gasteiger partial charge >= 0.3 is 6.03 Å². The van der Waals surface area contributed by atoms with E-state index in [0.29, 0.717) is 39.5 Å². The van der Waals surface area contributed by atoms with Crippen LogP contribution in [0.1, 0.15) is 5.69 Å². The van der Waals surface area contributed by atoms with Gasteiger partial charge in [-0.25, -0.2) is 9.78 Å². The predicted molar refractivity (Wildman–Crippen MR) is 120 cm³/mol. The number of hydrogen-bond acceptors (Lipinski definition) is 6. The molecule has 0 atom stereocenters. The van der Waals surface area contributed by atoms with E-state index in [4.69, 9.17) is 9.47 Å². The summed E-state index contributed by atoms with van der Waals surface area (Å²) in [6.45, 7) is 0. The number of pyridine rings is 1. The van der Waals surface area contributed by atoms with Gasteiger partial charge < -0.3 is 25.2 Å². The maximum atomic E-state index is 12.2. The smallest absolute Gasteiger partial charge is 0.323 e. The highest BCUT2D eigenvalue weighted by atomic mass is 16.5. The van der Waals surface area contributed by atoms with Gasteiger partial charge in [-0.2, -0.15) is 5.26 Å². The van der Waals surface area contributed by atoms with E-state index in [2.05, 4.69) is 15.6 Å². The van der Waals surface area contributed by atoms with E-state index >= 15 is 0 Å². The van der Waals surface area contributed by atoms with Crippen LogP contribution < -0.4 is 20.1 Å². The first-order valence-electron chi connectivity index (χ1n) is 9.58. The molecule has 0 radical (unpaired) electrons. The normalized spacial score (nSPS) is 10.2.